The van der Waals surface area contributed by atoms with Gasteiger partial charge >= 0.3 is 0 Å². The Bertz CT molecular complexity index is 143. The van der Waals surface area contributed by atoms with Crippen LogP contribution >= 0.6 is 0 Å². The van der Waals surface area contributed by atoms with Crippen molar-refractivity contribution in [3.63, 3.8) is 0 Å². The lowest BCUT2D eigenvalue weighted by Gasteiger charge is -1.70. The predicted octanol–water partition coefficient (Wildman–Crippen LogP) is 1.42. The van der Waals surface area contributed by atoms with Gasteiger partial charge in [-0.25, -0.2) is 0 Å². The van der Waals surface area contributed by atoms with Gasteiger partial charge in [0.25, 0.3) is 0 Å². The van der Waals surface area contributed by atoms with Crippen molar-refractivity contribution in [2.45, 2.75) is 0 Å². The van der Waals surface area contributed by atoms with E-state index in [1.807, 2.05) is 18.2 Å². The molecular weight excluding hydrogens is 118 g/mol. The van der Waals surface area contributed by atoms with Crippen LogP contribution in [0.1, 0.15) is 0 Å². The highest BCUT2D eigenvalue weighted by atomic mass is 16.4. The second-order valence-electron chi connectivity index (χ2n) is 1.11. The average Bonchev–Trinajstić information content (AvgIpc) is 1.93. The Morgan fingerprint density at radius 1 is 1.22 bits per heavy atom. The molecule has 1 aromatic rings. The first-order valence-electron chi connectivity index (χ1n) is 2.23. The third kappa shape index (κ3) is 6.37. The molecule has 0 amide bonds. The Labute approximate surface area is 52.4 Å². The van der Waals surface area contributed by atoms with E-state index in [1.54, 1.807) is 12.4 Å². The summed E-state index contributed by atoms with van der Waals surface area (Å²) in [6, 6.07) is 5.72. The smallest absolute Gasteiger partial charge is 0.237 e. The van der Waals surface area contributed by atoms with Crippen LogP contribution in [0.5, 0.6) is 0 Å². The number of diazo groups is 1. The van der Waals surface area contributed by atoms with E-state index in [1.165, 1.54) is 5.14 Å². The molecule has 1 aromatic heterocycles. The zero-order valence-corrected chi connectivity index (χ0v) is 4.64. The minimum absolute atomic E-state index is 1.25. The molecule has 0 aliphatic heterocycles. The molecular formula is C5H5N3O. The van der Waals surface area contributed by atoms with Crippen molar-refractivity contribution in [2.75, 3.05) is 0 Å². The van der Waals surface area contributed by atoms with E-state index in [4.69, 9.17) is 10.6 Å². The van der Waals surface area contributed by atoms with Crippen LogP contribution in [0.2, 0.25) is 0 Å². The van der Waals surface area contributed by atoms with Crippen molar-refractivity contribution in [3.8, 4) is 0 Å². The minimum atomic E-state index is 1.25. The number of nitrogens with zero attached hydrogens (tertiary/aromatic N) is 3. The Kier molecular flexibility index (Phi) is 5.22. The number of hydrogen-bond acceptors (Lipinski definition) is 3. The zero-order chi connectivity index (χ0) is 6.95. The van der Waals surface area contributed by atoms with Gasteiger partial charge in [-0.15, -0.1) is 0 Å². The van der Waals surface area contributed by atoms with Crippen LogP contribution in [0.25, 0.3) is 5.14 Å². The van der Waals surface area contributed by atoms with E-state index in [2.05, 4.69) is 4.98 Å². The normalized spacial score (nSPS) is 6.11. The molecule has 0 radical (unpaired) electrons. The molecule has 1 rings (SSSR count). The zero-order valence-electron chi connectivity index (χ0n) is 4.64. The van der Waals surface area contributed by atoms with Crippen molar-refractivity contribution >= 4 is 0 Å². The summed E-state index contributed by atoms with van der Waals surface area (Å²) in [6.45, 7) is 0. The van der Waals surface area contributed by atoms with Crippen LogP contribution < -0.4 is 0 Å². The van der Waals surface area contributed by atoms with Gasteiger partial charge < -0.3 is 5.21 Å². The number of rotatable bonds is 0. The predicted molar refractivity (Wildman–Crippen MR) is 32.7 cm³/mol. The molecule has 1 heterocycles. The third-order valence-corrected chi connectivity index (χ3v) is 0.566. The van der Waals surface area contributed by atoms with Crippen molar-refractivity contribution in [2.24, 2.45) is 0 Å². The highest BCUT2D eigenvalue weighted by Gasteiger charge is 1.58. The molecule has 0 bridgehead atoms. The lowest BCUT2D eigenvalue weighted by atomic mass is 10.5. The van der Waals surface area contributed by atoms with E-state index >= 15 is 0 Å². The maximum atomic E-state index is 8.11. The van der Waals surface area contributed by atoms with Gasteiger partial charge in [0.05, 0.1) is 0 Å². The van der Waals surface area contributed by atoms with E-state index in [0.717, 1.165) is 0 Å². The second kappa shape index (κ2) is 6.37. The first kappa shape index (κ1) is 7.37. The topological polar surface area (TPSA) is 64.1 Å². The van der Waals surface area contributed by atoms with Crippen LogP contribution in [0.4, 0.5) is 0 Å². The molecule has 4 heteroatoms. The van der Waals surface area contributed by atoms with E-state index in [0.29, 0.717) is 0 Å². The molecule has 0 aromatic carbocycles. The fourth-order valence-corrected chi connectivity index (χ4v) is 0.313. The van der Waals surface area contributed by atoms with Crippen LogP contribution in [-0.2, 0) is 0 Å². The van der Waals surface area contributed by atoms with Gasteiger partial charge in [0.15, 0.2) is 0 Å². The van der Waals surface area contributed by atoms with Crippen molar-refractivity contribution < 1.29 is 0 Å². The Morgan fingerprint density at radius 2 is 1.67 bits per heavy atom. The Balaban J connectivity index is 0.000000187. The molecule has 0 atom stereocenters. The summed E-state index contributed by atoms with van der Waals surface area (Å²) in [6.07, 6.45) is 3.50. The van der Waals surface area contributed by atoms with Crippen LogP contribution in [0, 0.1) is 10.6 Å². The molecule has 0 saturated carbocycles. The molecule has 0 fully saturated rings. The second-order valence-corrected chi connectivity index (χ2v) is 1.11. The van der Waals surface area contributed by atoms with Gasteiger partial charge in [-0.05, 0) is 12.1 Å². The molecule has 0 aliphatic carbocycles. The Morgan fingerprint density at radius 3 is 1.78 bits per heavy atom. The molecule has 0 N–H and O–H groups in total. The van der Waals surface area contributed by atoms with Gasteiger partial charge in [0.1, 0.15) is 0 Å². The molecule has 0 unspecified atom stereocenters. The van der Waals surface area contributed by atoms with Crippen molar-refractivity contribution in [3.05, 3.63) is 40.9 Å². The molecule has 9 heavy (non-hydrogen) atoms. The quantitative estimate of drug-likeness (QED) is 0.387. The van der Waals surface area contributed by atoms with Crippen LogP contribution in [0.15, 0.2) is 30.6 Å². The van der Waals surface area contributed by atoms with Crippen molar-refractivity contribution in [1.82, 2.24) is 4.98 Å². The highest BCUT2D eigenvalue weighted by Crippen LogP contribution is 1.73. The fraction of sp³-hybridized carbons (Fsp3) is 0. The van der Waals surface area contributed by atoms with E-state index in [9.17, 15) is 0 Å². The van der Waals surface area contributed by atoms with Gasteiger partial charge in [-0.2, -0.15) is 0 Å². The van der Waals surface area contributed by atoms with Gasteiger partial charge in [-0.3, -0.25) is 4.98 Å². The third-order valence-electron chi connectivity index (χ3n) is 0.566. The highest BCUT2D eigenvalue weighted by molar-refractivity contribution is 4.88. The first-order valence-corrected chi connectivity index (χ1v) is 2.23. The summed E-state index contributed by atoms with van der Waals surface area (Å²) < 4.78 is 0. The summed E-state index contributed by atoms with van der Waals surface area (Å²) in [4.78, 5) is 3.78. The number of hydrogen-bond donors (Lipinski definition) is 0. The SMILES string of the molecule is N#[N+][O-].c1ccncc1. The summed E-state index contributed by atoms with van der Waals surface area (Å²) >= 11 is 0. The molecule has 46 valence electrons. The lowest BCUT2D eigenvalue weighted by Crippen LogP contribution is -1.58. The number of pyridine rings is 1. The summed E-state index contributed by atoms with van der Waals surface area (Å²) in [5.41, 5.74) is 0. The molecule has 0 saturated heterocycles. The maximum absolute atomic E-state index is 8.11. The monoisotopic (exact) mass is 123 g/mol. The van der Waals surface area contributed by atoms with Gasteiger partial charge in [-0.1, -0.05) is 6.07 Å². The summed E-state index contributed by atoms with van der Waals surface area (Å²) in [5, 5.41) is 16.0. The average molecular weight is 123 g/mol. The molecule has 0 aliphatic rings. The molecule has 0 spiro atoms. The van der Waals surface area contributed by atoms with Gasteiger partial charge in [0.2, 0.25) is 10.5 Å². The summed E-state index contributed by atoms with van der Waals surface area (Å²) in [7, 11) is 0. The van der Waals surface area contributed by atoms with Gasteiger partial charge in [0, 0.05) is 12.4 Å². The molecule has 4 nitrogen and oxygen atoms in total. The first-order chi connectivity index (χ1) is 4.41. The standard InChI is InChI=1S/C5H5N.N2O/c1-2-4-6-5-3-1;1-2-3/h1-5H;. The van der Waals surface area contributed by atoms with E-state index in [-0.39, 0.29) is 0 Å². The van der Waals surface area contributed by atoms with Crippen LogP contribution in [-0.4, -0.2) is 4.98 Å². The largest absolute Gasteiger partial charge is 0.463 e. The fourth-order valence-electron chi connectivity index (χ4n) is 0.313. The van der Waals surface area contributed by atoms with E-state index < -0.39 is 0 Å². The lowest BCUT2D eigenvalue weighted by molar-refractivity contribution is 1.33. The maximum Gasteiger partial charge on any atom is 0.237 e. The van der Waals surface area contributed by atoms with Crippen molar-refractivity contribution in [1.29, 1.82) is 5.39 Å². The minimum Gasteiger partial charge on any atom is -0.463 e. The number of aromatic nitrogens is 1. The summed E-state index contributed by atoms with van der Waals surface area (Å²) in [5.74, 6) is 0. The van der Waals surface area contributed by atoms with Crippen LogP contribution in [0.3, 0.4) is 0 Å². The Hall–Kier alpha value is -1.63.